The van der Waals surface area contributed by atoms with Gasteiger partial charge in [-0.2, -0.15) is 0 Å². The van der Waals surface area contributed by atoms with E-state index in [2.05, 4.69) is 6.92 Å². The smallest absolute Gasteiger partial charge is 0.338 e. The minimum absolute atomic E-state index is 0.171. The Labute approximate surface area is 116 Å². The van der Waals surface area contributed by atoms with Gasteiger partial charge < -0.3 is 14.2 Å². The molecule has 0 aromatic rings. The summed E-state index contributed by atoms with van der Waals surface area (Å²) >= 11 is 0. The van der Waals surface area contributed by atoms with Gasteiger partial charge in [-0.1, -0.05) is 39.0 Å². The number of carbonyl (C=O) groups excluding carboxylic acids is 1. The molecule has 19 heavy (non-hydrogen) atoms. The van der Waals surface area contributed by atoms with Crippen molar-refractivity contribution >= 4 is 5.97 Å². The first-order valence-corrected chi connectivity index (χ1v) is 7.52. The molecule has 112 valence electrons. The zero-order valence-electron chi connectivity index (χ0n) is 12.7. The van der Waals surface area contributed by atoms with E-state index < -0.39 is 11.9 Å². The average molecular weight is 272 g/mol. The summed E-state index contributed by atoms with van der Waals surface area (Å²) in [4.78, 5) is 11.9. The zero-order chi connectivity index (χ0) is 14.3. The van der Waals surface area contributed by atoms with Crippen LogP contribution in [0.3, 0.4) is 0 Å². The highest BCUT2D eigenvalue weighted by Gasteiger charge is 2.45. The Morgan fingerprint density at radius 2 is 1.79 bits per heavy atom. The van der Waals surface area contributed by atoms with E-state index in [0.717, 1.165) is 12.8 Å². The normalized spacial score (nSPS) is 25.5. The van der Waals surface area contributed by atoms with Crippen LogP contribution in [0.5, 0.6) is 0 Å². The lowest BCUT2D eigenvalue weighted by atomic mass is 10.0. The molecule has 0 bridgehead atoms. The van der Waals surface area contributed by atoms with Gasteiger partial charge in [0.25, 0.3) is 0 Å². The van der Waals surface area contributed by atoms with Crippen LogP contribution < -0.4 is 0 Å². The summed E-state index contributed by atoms with van der Waals surface area (Å²) in [6.45, 7) is 8.07. The molecule has 1 fully saturated rings. The SMILES string of the molecule is CCCCCCC[C@@H]1OC(C)(C)O[C@H]1C(=O)OCC. The monoisotopic (exact) mass is 272 g/mol. The van der Waals surface area contributed by atoms with Crippen molar-refractivity contribution in [1.82, 2.24) is 0 Å². The molecule has 0 aliphatic carbocycles. The third-order valence-electron chi connectivity index (χ3n) is 3.29. The summed E-state index contributed by atoms with van der Waals surface area (Å²) in [5.41, 5.74) is 0. The maximum absolute atomic E-state index is 11.9. The highest BCUT2D eigenvalue weighted by Crippen LogP contribution is 2.31. The third kappa shape index (κ3) is 5.49. The maximum Gasteiger partial charge on any atom is 0.338 e. The van der Waals surface area contributed by atoms with Crippen molar-refractivity contribution in [1.29, 1.82) is 0 Å². The molecule has 0 saturated carbocycles. The number of hydrogen-bond acceptors (Lipinski definition) is 4. The molecule has 1 aliphatic rings. The van der Waals surface area contributed by atoms with Gasteiger partial charge in [0.05, 0.1) is 12.7 Å². The molecule has 1 rings (SSSR count). The number of esters is 1. The van der Waals surface area contributed by atoms with E-state index in [9.17, 15) is 4.79 Å². The van der Waals surface area contributed by atoms with Crippen LogP contribution in [0.1, 0.15) is 66.2 Å². The number of hydrogen-bond donors (Lipinski definition) is 0. The molecule has 0 amide bonds. The highest BCUT2D eigenvalue weighted by atomic mass is 16.8. The first-order valence-electron chi connectivity index (χ1n) is 7.52. The van der Waals surface area contributed by atoms with Crippen LogP contribution in [0, 0.1) is 0 Å². The van der Waals surface area contributed by atoms with Gasteiger partial charge in [-0.15, -0.1) is 0 Å². The van der Waals surface area contributed by atoms with Gasteiger partial charge in [0.2, 0.25) is 0 Å². The van der Waals surface area contributed by atoms with Crippen molar-refractivity contribution in [2.24, 2.45) is 0 Å². The van der Waals surface area contributed by atoms with Crippen LogP contribution in [0.25, 0.3) is 0 Å². The van der Waals surface area contributed by atoms with Gasteiger partial charge in [0.15, 0.2) is 11.9 Å². The predicted molar refractivity (Wildman–Crippen MR) is 73.8 cm³/mol. The first-order chi connectivity index (χ1) is 9.00. The van der Waals surface area contributed by atoms with Crippen LogP contribution in [-0.4, -0.2) is 30.6 Å². The third-order valence-corrected chi connectivity index (χ3v) is 3.29. The fourth-order valence-corrected chi connectivity index (χ4v) is 2.42. The summed E-state index contributed by atoms with van der Waals surface area (Å²) < 4.78 is 16.5. The number of rotatable bonds is 8. The van der Waals surface area contributed by atoms with Gasteiger partial charge >= 0.3 is 5.97 Å². The molecule has 0 spiro atoms. The Morgan fingerprint density at radius 1 is 1.11 bits per heavy atom. The van der Waals surface area contributed by atoms with Crippen molar-refractivity contribution in [3.05, 3.63) is 0 Å². The molecule has 0 aromatic heterocycles. The molecule has 1 aliphatic heterocycles. The molecule has 4 nitrogen and oxygen atoms in total. The molecule has 0 N–H and O–H groups in total. The standard InChI is InChI=1S/C15H28O4/c1-5-7-8-9-10-11-12-13(14(16)17-6-2)19-15(3,4)18-12/h12-13H,5-11H2,1-4H3/t12-,13+/m0/s1. The average Bonchev–Trinajstić information content (AvgIpc) is 2.65. The summed E-state index contributed by atoms with van der Waals surface area (Å²) in [5.74, 6) is -0.988. The number of unbranched alkanes of at least 4 members (excludes halogenated alkanes) is 4. The fourth-order valence-electron chi connectivity index (χ4n) is 2.42. The van der Waals surface area contributed by atoms with Crippen molar-refractivity contribution in [2.75, 3.05) is 6.61 Å². The van der Waals surface area contributed by atoms with Gasteiger partial charge in [-0.3, -0.25) is 0 Å². The Morgan fingerprint density at radius 3 is 2.42 bits per heavy atom. The number of ether oxygens (including phenoxy) is 3. The lowest BCUT2D eigenvalue weighted by Gasteiger charge is -2.16. The van der Waals surface area contributed by atoms with Crippen molar-refractivity contribution in [3.8, 4) is 0 Å². The van der Waals surface area contributed by atoms with Crippen LogP contribution in [0.2, 0.25) is 0 Å². The minimum atomic E-state index is -0.689. The summed E-state index contributed by atoms with van der Waals surface area (Å²) in [6.07, 6.45) is 6.13. The largest absolute Gasteiger partial charge is 0.464 e. The van der Waals surface area contributed by atoms with Gasteiger partial charge in [0, 0.05) is 0 Å². The van der Waals surface area contributed by atoms with Crippen molar-refractivity contribution < 1.29 is 19.0 Å². The van der Waals surface area contributed by atoms with E-state index in [-0.39, 0.29) is 12.1 Å². The van der Waals surface area contributed by atoms with Crippen LogP contribution in [0.15, 0.2) is 0 Å². The molecule has 2 atom stereocenters. The van der Waals surface area contributed by atoms with Crippen molar-refractivity contribution in [2.45, 2.75) is 84.2 Å². The van der Waals surface area contributed by atoms with E-state index in [1.807, 2.05) is 13.8 Å². The maximum atomic E-state index is 11.9. The second-order valence-electron chi connectivity index (χ2n) is 5.55. The summed E-state index contributed by atoms with van der Waals surface area (Å²) in [7, 11) is 0. The second kappa shape index (κ2) is 7.85. The first kappa shape index (κ1) is 16.4. The Balaban J connectivity index is 2.41. The highest BCUT2D eigenvalue weighted by molar-refractivity contribution is 5.75. The summed E-state index contributed by atoms with van der Waals surface area (Å²) in [5, 5.41) is 0. The lowest BCUT2D eigenvalue weighted by molar-refractivity contribution is -0.170. The van der Waals surface area contributed by atoms with E-state index in [0.29, 0.717) is 6.61 Å². The van der Waals surface area contributed by atoms with Crippen LogP contribution >= 0.6 is 0 Å². The minimum Gasteiger partial charge on any atom is -0.464 e. The Kier molecular flexibility index (Phi) is 6.80. The zero-order valence-corrected chi connectivity index (χ0v) is 12.7. The molecular formula is C15H28O4. The molecule has 1 saturated heterocycles. The van der Waals surface area contributed by atoms with E-state index >= 15 is 0 Å². The lowest BCUT2D eigenvalue weighted by Crippen LogP contribution is -2.33. The quantitative estimate of drug-likeness (QED) is 0.501. The molecule has 0 unspecified atom stereocenters. The Hall–Kier alpha value is -0.610. The number of carbonyl (C=O) groups is 1. The molecule has 1 heterocycles. The van der Waals surface area contributed by atoms with Gasteiger partial charge in [-0.05, 0) is 27.2 Å². The fraction of sp³-hybridized carbons (Fsp3) is 0.933. The summed E-state index contributed by atoms with van der Waals surface area (Å²) in [6, 6.07) is 0. The van der Waals surface area contributed by atoms with E-state index in [1.54, 1.807) is 6.92 Å². The van der Waals surface area contributed by atoms with Crippen LogP contribution in [-0.2, 0) is 19.0 Å². The Bertz CT molecular complexity index is 275. The van der Waals surface area contributed by atoms with E-state index in [4.69, 9.17) is 14.2 Å². The topological polar surface area (TPSA) is 44.8 Å². The second-order valence-corrected chi connectivity index (χ2v) is 5.55. The molecular weight excluding hydrogens is 244 g/mol. The van der Waals surface area contributed by atoms with Crippen molar-refractivity contribution in [3.63, 3.8) is 0 Å². The van der Waals surface area contributed by atoms with E-state index in [1.165, 1.54) is 25.7 Å². The van der Waals surface area contributed by atoms with Crippen LogP contribution in [0.4, 0.5) is 0 Å². The van der Waals surface area contributed by atoms with Gasteiger partial charge in [-0.25, -0.2) is 4.79 Å². The molecule has 0 aromatic carbocycles. The van der Waals surface area contributed by atoms with Gasteiger partial charge in [0.1, 0.15) is 0 Å². The molecule has 0 radical (unpaired) electrons. The molecule has 4 heteroatoms. The predicted octanol–water partition coefficient (Wildman–Crippen LogP) is 3.43.